The average molecular weight is 387 g/mol. The van der Waals surface area contributed by atoms with Crippen LogP contribution in [0.1, 0.15) is 13.8 Å². The summed E-state index contributed by atoms with van der Waals surface area (Å²) in [5.74, 6) is 0.813. The van der Waals surface area contributed by atoms with Crippen molar-refractivity contribution in [2.75, 3.05) is 32.1 Å². The molecule has 7 heteroatoms. The van der Waals surface area contributed by atoms with E-state index in [0.29, 0.717) is 18.6 Å². The van der Waals surface area contributed by atoms with Gasteiger partial charge in [0.2, 0.25) is 10.0 Å². The molecule has 6 nitrogen and oxygen atoms in total. The molecule has 0 aliphatic heterocycles. The summed E-state index contributed by atoms with van der Waals surface area (Å²) in [6, 6.07) is 13.3. The molecule has 0 saturated heterocycles. The lowest BCUT2D eigenvalue weighted by Gasteiger charge is -2.18. The van der Waals surface area contributed by atoms with Crippen molar-refractivity contribution < 1.29 is 8.42 Å². The molecule has 0 bridgehead atoms. The molecule has 1 aromatic heterocycles. The number of rotatable bonds is 6. The van der Waals surface area contributed by atoms with Crippen LogP contribution in [0.2, 0.25) is 0 Å². The zero-order valence-electron chi connectivity index (χ0n) is 16.5. The number of nitrogens with zero attached hydrogens (tertiary/aromatic N) is 4. The summed E-state index contributed by atoms with van der Waals surface area (Å²) in [4.78, 5) is 7.04. The van der Waals surface area contributed by atoms with Gasteiger partial charge < -0.3 is 9.47 Å². The van der Waals surface area contributed by atoms with Gasteiger partial charge in [0.1, 0.15) is 5.82 Å². The van der Waals surface area contributed by atoms with Crippen LogP contribution in [0.5, 0.6) is 0 Å². The summed E-state index contributed by atoms with van der Waals surface area (Å²) in [6.45, 7) is 4.58. The topological polar surface area (TPSA) is 58.4 Å². The first kappa shape index (κ1) is 19.4. The largest absolute Gasteiger partial charge is 0.378 e. The summed E-state index contributed by atoms with van der Waals surface area (Å²) < 4.78 is 29.0. The van der Waals surface area contributed by atoms with Crippen molar-refractivity contribution in [2.45, 2.75) is 18.7 Å². The second-order valence-corrected chi connectivity index (χ2v) is 8.61. The summed E-state index contributed by atoms with van der Waals surface area (Å²) in [6.07, 6.45) is 0. The van der Waals surface area contributed by atoms with Crippen molar-refractivity contribution in [3.8, 4) is 11.4 Å². The summed E-state index contributed by atoms with van der Waals surface area (Å²) >= 11 is 0. The van der Waals surface area contributed by atoms with Crippen LogP contribution in [0.3, 0.4) is 0 Å². The van der Waals surface area contributed by atoms with Crippen molar-refractivity contribution in [3.05, 3.63) is 42.5 Å². The Hall–Kier alpha value is -2.38. The third-order valence-corrected chi connectivity index (χ3v) is 6.88. The quantitative estimate of drug-likeness (QED) is 0.652. The third-order valence-electron chi connectivity index (χ3n) is 4.84. The minimum atomic E-state index is -3.50. The number of anilines is 1. The molecule has 27 heavy (non-hydrogen) atoms. The number of sulfonamides is 1. The second kappa shape index (κ2) is 7.32. The fourth-order valence-corrected chi connectivity index (χ4v) is 4.70. The van der Waals surface area contributed by atoms with Crippen LogP contribution < -0.4 is 4.90 Å². The summed E-state index contributed by atoms with van der Waals surface area (Å²) in [5.41, 5.74) is 3.69. The van der Waals surface area contributed by atoms with Crippen LogP contribution in [0.25, 0.3) is 22.4 Å². The Morgan fingerprint density at radius 1 is 1.00 bits per heavy atom. The maximum Gasteiger partial charge on any atom is 0.243 e. The Kier molecular flexibility index (Phi) is 5.26. The van der Waals surface area contributed by atoms with Crippen molar-refractivity contribution >= 4 is 26.7 Å². The minimum absolute atomic E-state index is 0.284. The van der Waals surface area contributed by atoms with Gasteiger partial charge in [-0.1, -0.05) is 13.8 Å². The van der Waals surface area contributed by atoms with Gasteiger partial charge in [-0.2, -0.15) is 4.31 Å². The van der Waals surface area contributed by atoms with E-state index in [1.54, 1.807) is 12.1 Å². The first-order valence-electron chi connectivity index (χ1n) is 9.04. The molecule has 0 unspecified atom stereocenters. The Bertz CT molecular complexity index is 1050. The molecule has 0 saturated carbocycles. The highest BCUT2D eigenvalue weighted by atomic mass is 32.2. The molecule has 2 aromatic carbocycles. The van der Waals surface area contributed by atoms with Crippen LogP contribution in [-0.4, -0.2) is 49.5 Å². The van der Waals surface area contributed by atoms with E-state index >= 15 is 0 Å². The van der Waals surface area contributed by atoms with Gasteiger partial charge in [-0.25, -0.2) is 13.4 Å². The first-order chi connectivity index (χ1) is 12.8. The number of hydrogen-bond acceptors (Lipinski definition) is 4. The van der Waals surface area contributed by atoms with E-state index in [4.69, 9.17) is 4.98 Å². The van der Waals surface area contributed by atoms with E-state index < -0.39 is 10.0 Å². The molecule has 0 amide bonds. The number of hydrogen-bond donors (Lipinski definition) is 0. The molecular weight excluding hydrogens is 360 g/mol. The van der Waals surface area contributed by atoms with Crippen molar-refractivity contribution in [1.82, 2.24) is 13.9 Å². The van der Waals surface area contributed by atoms with Gasteiger partial charge in [0.25, 0.3) is 0 Å². The van der Waals surface area contributed by atoms with E-state index in [9.17, 15) is 8.42 Å². The minimum Gasteiger partial charge on any atom is -0.378 e. The second-order valence-electron chi connectivity index (χ2n) is 6.68. The normalized spacial score (nSPS) is 12.1. The molecule has 0 aliphatic carbocycles. The predicted molar refractivity (Wildman–Crippen MR) is 111 cm³/mol. The Balaban J connectivity index is 2.07. The maximum atomic E-state index is 12.8. The van der Waals surface area contributed by atoms with Crippen LogP contribution in [0, 0.1) is 0 Å². The van der Waals surface area contributed by atoms with Gasteiger partial charge in [0, 0.05) is 45.5 Å². The SMILES string of the molecule is CCN(CC)S(=O)(=O)c1ccc2c(c1)nc(-c1ccc(N(C)C)cc1)n2C. The van der Waals surface area contributed by atoms with E-state index in [1.807, 2.05) is 74.8 Å². The van der Waals surface area contributed by atoms with Gasteiger partial charge >= 0.3 is 0 Å². The lowest BCUT2D eigenvalue weighted by atomic mass is 10.2. The van der Waals surface area contributed by atoms with Gasteiger partial charge in [-0.15, -0.1) is 0 Å². The molecule has 3 aromatic rings. The van der Waals surface area contributed by atoms with Crippen molar-refractivity contribution in [3.63, 3.8) is 0 Å². The van der Waals surface area contributed by atoms with Crippen LogP contribution in [0.4, 0.5) is 5.69 Å². The van der Waals surface area contributed by atoms with Crippen molar-refractivity contribution in [2.24, 2.45) is 7.05 Å². The fraction of sp³-hybridized carbons (Fsp3) is 0.350. The molecule has 0 radical (unpaired) electrons. The first-order valence-corrected chi connectivity index (χ1v) is 10.5. The highest BCUT2D eigenvalue weighted by Gasteiger charge is 2.22. The highest BCUT2D eigenvalue weighted by molar-refractivity contribution is 7.89. The van der Waals surface area contributed by atoms with E-state index in [2.05, 4.69) is 0 Å². The summed E-state index contributed by atoms with van der Waals surface area (Å²) in [7, 11) is 2.45. The highest BCUT2D eigenvalue weighted by Crippen LogP contribution is 2.27. The average Bonchev–Trinajstić information content (AvgIpc) is 2.99. The Labute approximate surface area is 161 Å². The molecule has 144 valence electrons. The molecule has 3 rings (SSSR count). The number of aromatic nitrogens is 2. The standard InChI is InChI=1S/C20H26N4O2S/c1-6-24(7-2)27(25,26)17-12-13-19-18(14-17)21-20(23(19)5)15-8-10-16(11-9-15)22(3)4/h8-14H,6-7H2,1-5H3. The number of imidazole rings is 1. The van der Waals surface area contributed by atoms with Gasteiger partial charge in [0.05, 0.1) is 15.9 Å². The smallest absolute Gasteiger partial charge is 0.243 e. The van der Waals surface area contributed by atoms with E-state index in [1.165, 1.54) is 4.31 Å². The molecule has 0 spiro atoms. The molecular formula is C20H26N4O2S. The monoisotopic (exact) mass is 386 g/mol. The van der Waals surface area contributed by atoms with E-state index in [0.717, 1.165) is 22.6 Å². The Morgan fingerprint density at radius 2 is 1.63 bits per heavy atom. The van der Waals surface area contributed by atoms with Gasteiger partial charge in [-0.05, 0) is 42.5 Å². The van der Waals surface area contributed by atoms with Crippen LogP contribution in [0.15, 0.2) is 47.4 Å². The number of benzene rings is 2. The van der Waals surface area contributed by atoms with Crippen molar-refractivity contribution in [1.29, 1.82) is 0 Å². The Morgan fingerprint density at radius 3 is 2.19 bits per heavy atom. The maximum absolute atomic E-state index is 12.8. The molecule has 0 N–H and O–H groups in total. The molecule has 0 atom stereocenters. The van der Waals surface area contributed by atoms with Gasteiger partial charge in [0.15, 0.2) is 0 Å². The summed E-state index contributed by atoms with van der Waals surface area (Å²) in [5, 5.41) is 0. The van der Waals surface area contributed by atoms with Gasteiger partial charge in [-0.3, -0.25) is 0 Å². The predicted octanol–water partition coefficient (Wildman–Crippen LogP) is 3.34. The lowest BCUT2D eigenvalue weighted by molar-refractivity contribution is 0.445. The molecule has 0 fully saturated rings. The number of aryl methyl sites for hydroxylation is 1. The fourth-order valence-electron chi connectivity index (χ4n) is 3.22. The van der Waals surface area contributed by atoms with Crippen LogP contribution >= 0.6 is 0 Å². The zero-order chi connectivity index (χ0) is 19.8. The van der Waals surface area contributed by atoms with E-state index in [-0.39, 0.29) is 4.90 Å². The lowest BCUT2D eigenvalue weighted by Crippen LogP contribution is -2.30. The molecule has 1 heterocycles. The molecule has 0 aliphatic rings. The number of fused-ring (bicyclic) bond motifs is 1. The third kappa shape index (κ3) is 3.44. The zero-order valence-corrected chi connectivity index (χ0v) is 17.3. The van der Waals surface area contributed by atoms with Crippen LogP contribution in [-0.2, 0) is 17.1 Å².